The molecule has 0 radical (unpaired) electrons. The van der Waals surface area contributed by atoms with Crippen LogP contribution in [-0.2, 0) is 11.2 Å². The third kappa shape index (κ3) is 5.19. The molecule has 2 aromatic carbocycles. The summed E-state index contributed by atoms with van der Waals surface area (Å²) in [5.41, 5.74) is 5.67. The number of aromatic nitrogens is 1. The van der Waals surface area contributed by atoms with Gasteiger partial charge in [-0.05, 0) is 60.9 Å². The molecule has 0 aliphatic carbocycles. The van der Waals surface area contributed by atoms with E-state index in [9.17, 15) is 9.59 Å². The Morgan fingerprint density at radius 3 is 2.21 bits per heavy atom. The molecule has 6 nitrogen and oxygen atoms in total. The number of amides is 2. The van der Waals surface area contributed by atoms with Gasteiger partial charge in [-0.25, -0.2) is 4.98 Å². The zero-order chi connectivity index (χ0) is 20.8. The highest BCUT2D eigenvalue weighted by molar-refractivity contribution is 6.03. The number of aryl methyl sites for hydroxylation is 2. The van der Waals surface area contributed by atoms with Crippen molar-refractivity contribution in [3.63, 3.8) is 0 Å². The first-order chi connectivity index (χ1) is 14.0. The van der Waals surface area contributed by atoms with Crippen LogP contribution in [0.15, 0.2) is 60.8 Å². The second-order valence-corrected chi connectivity index (χ2v) is 6.73. The van der Waals surface area contributed by atoms with E-state index in [0.29, 0.717) is 5.69 Å². The summed E-state index contributed by atoms with van der Waals surface area (Å²) in [6.07, 6.45) is 2.46. The van der Waals surface area contributed by atoms with Crippen molar-refractivity contribution in [2.24, 2.45) is 0 Å². The second kappa shape index (κ2) is 9.01. The summed E-state index contributed by atoms with van der Waals surface area (Å²) in [6, 6.07) is 16.8. The molecule has 0 aliphatic heterocycles. The van der Waals surface area contributed by atoms with Crippen LogP contribution in [0.3, 0.4) is 0 Å². The van der Waals surface area contributed by atoms with Crippen molar-refractivity contribution >= 4 is 34.6 Å². The molecule has 6 heteroatoms. The van der Waals surface area contributed by atoms with Gasteiger partial charge in [0.05, 0.1) is 11.9 Å². The number of benzene rings is 2. The Kier molecular flexibility index (Phi) is 6.24. The highest BCUT2D eigenvalue weighted by atomic mass is 16.2. The van der Waals surface area contributed by atoms with Crippen molar-refractivity contribution in [3.8, 4) is 0 Å². The molecule has 0 fully saturated rings. The first-order valence-electron chi connectivity index (χ1n) is 9.47. The number of hydrogen-bond donors (Lipinski definition) is 3. The molecule has 0 saturated heterocycles. The van der Waals surface area contributed by atoms with Crippen LogP contribution in [0, 0.1) is 6.92 Å². The van der Waals surface area contributed by atoms with E-state index < -0.39 is 0 Å². The molecule has 29 heavy (non-hydrogen) atoms. The Hall–Kier alpha value is -3.67. The number of nitrogens with zero attached hydrogens (tertiary/aromatic N) is 1. The van der Waals surface area contributed by atoms with Gasteiger partial charge in [0.1, 0.15) is 5.69 Å². The van der Waals surface area contributed by atoms with Gasteiger partial charge in [0, 0.05) is 24.0 Å². The molecule has 0 bridgehead atoms. The molecular weight excluding hydrogens is 364 g/mol. The van der Waals surface area contributed by atoms with E-state index in [1.807, 2.05) is 55.5 Å². The van der Waals surface area contributed by atoms with Gasteiger partial charge in [-0.3, -0.25) is 9.59 Å². The lowest BCUT2D eigenvalue weighted by atomic mass is 10.1. The van der Waals surface area contributed by atoms with Crippen LogP contribution in [0.5, 0.6) is 0 Å². The molecule has 0 saturated carbocycles. The molecule has 0 spiro atoms. The first-order valence-corrected chi connectivity index (χ1v) is 9.47. The average molecular weight is 388 g/mol. The fourth-order valence-electron chi connectivity index (χ4n) is 2.99. The molecule has 1 aromatic heterocycles. The van der Waals surface area contributed by atoms with Crippen molar-refractivity contribution in [1.82, 2.24) is 4.98 Å². The minimum Gasteiger partial charge on any atom is -0.354 e. The Labute approximate surface area is 170 Å². The van der Waals surface area contributed by atoms with Crippen molar-refractivity contribution < 1.29 is 9.59 Å². The van der Waals surface area contributed by atoms with Gasteiger partial charge in [0.15, 0.2) is 0 Å². The van der Waals surface area contributed by atoms with Crippen molar-refractivity contribution in [3.05, 3.63) is 77.6 Å². The van der Waals surface area contributed by atoms with E-state index in [-0.39, 0.29) is 11.8 Å². The summed E-state index contributed by atoms with van der Waals surface area (Å²) in [5, 5.41) is 8.93. The van der Waals surface area contributed by atoms with Crippen LogP contribution in [0.1, 0.15) is 35.5 Å². The lowest BCUT2D eigenvalue weighted by Crippen LogP contribution is -2.15. The van der Waals surface area contributed by atoms with Gasteiger partial charge >= 0.3 is 0 Å². The van der Waals surface area contributed by atoms with Crippen molar-refractivity contribution in [1.29, 1.82) is 0 Å². The third-order valence-electron chi connectivity index (χ3n) is 4.47. The Morgan fingerprint density at radius 1 is 0.897 bits per heavy atom. The average Bonchev–Trinajstić information content (AvgIpc) is 2.71. The third-order valence-corrected chi connectivity index (χ3v) is 4.47. The molecule has 0 unspecified atom stereocenters. The van der Waals surface area contributed by atoms with Crippen molar-refractivity contribution in [2.75, 3.05) is 16.0 Å². The maximum atomic E-state index is 12.6. The minimum atomic E-state index is -0.236. The topological polar surface area (TPSA) is 83.1 Å². The molecule has 3 N–H and O–H groups in total. The normalized spacial score (nSPS) is 10.3. The van der Waals surface area contributed by atoms with Gasteiger partial charge in [0.25, 0.3) is 5.91 Å². The van der Waals surface area contributed by atoms with Gasteiger partial charge in [0.2, 0.25) is 5.91 Å². The molecule has 0 atom stereocenters. The summed E-state index contributed by atoms with van der Waals surface area (Å²) in [5.74, 6) is -0.347. The number of anilines is 4. The number of pyridine rings is 1. The minimum absolute atomic E-state index is 0.111. The highest BCUT2D eigenvalue weighted by Crippen LogP contribution is 2.22. The summed E-state index contributed by atoms with van der Waals surface area (Å²) < 4.78 is 0. The van der Waals surface area contributed by atoms with Crippen LogP contribution in [0.4, 0.5) is 22.7 Å². The Balaban J connectivity index is 1.67. The van der Waals surface area contributed by atoms with Gasteiger partial charge in [-0.1, -0.05) is 25.1 Å². The molecule has 2 amide bonds. The van der Waals surface area contributed by atoms with Crippen LogP contribution < -0.4 is 16.0 Å². The van der Waals surface area contributed by atoms with E-state index in [2.05, 4.69) is 27.9 Å². The number of nitrogens with one attached hydrogen (secondary N) is 3. The van der Waals surface area contributed by atoms with Crippen LogP contribution in [-0.4, -0.2) is 16.8 Å². The summed E-state index contributed by atoms with van der Waals surface area (Å²) in [7, 11) is 0. The van der Waals surface area contributed by atoms with Gasteiger partial charge in [-0.2, -0.15) is 0 Å². The zero-order valence-corrected chi connectivity index (χ0v) is 16.7. The van der Waals surface area contributed by atoms with Crippen LogP contribution in [0.25, 0.3) is 0 Å². The largest absolute Gasteiger partial charge is 0.354 e. The van der Waals surface area contributed by atoms with Gasteiger partial charge in [-0.15, -0.1) is 0 Å². The number of rotatable bonds is 6. The summed E-state index contributed by atoms with van der Waals surface area (Å²) in [4.78, 5) is 28.0. The maximum absolute atomic E-state index is 12.6. The molecule has 0 aliphatic rings. The lowest BCUT2D eigenvalue weighted by Gasteiger charge is -2.13. The predicted molar refractivity (Wildman–Crippen MR) is 117 cm³/mol. The molecular formula is C23H24N4O2. The zero-order valence-electron chi connectivity index (χ0n) is 16.7. The smallest absolute Gasteiger partial charge is 0.274 e. The SMILES string of the molecule is CCc1cccc(C)c1NC(=O)c1ccc(Nc2ccc(NC(C)=O)cc2)cn1. The Morgan fingerprint density at radius 2 is 1.59 bits per heavy atom. The first kappa shape index (κ1) is 20.1. The van der Waals surface area contributed by atoms with E-state index in [0.717, 1.165) is 40.3 Å². The molecule has 1 heterocycles. The Bertz CT molecular complexity index is 1010. The van der Waals surface area contributed by atoms with Crippen molar-refractivity contribution in [2.45, 2.75) is 27.2 Å². The highest BCUT2D eigenvalue weighted by Gasteiger charge is 2.12. The quantitative estimate of drug-likeness (QED) is 0.560. The van der Waals surface area contributed by atoms with Crippen LogP contribution in [0.2, 0.25) is 0 Å². The number of carbonyl (C=O) groups excluding carboxylic acids is 2. The summed E-state index contributed by atoms with van der Waals surface area (Å²) >= 11 is 0. The monoisotopic (exact) mass is 388 g/mol. The lowest BCUT2D eigenvalue weighted by molar-refractivity contribution is -0.114. The molecule has 3 rings (SSSR count). The maximum Gasteiger partial charge on any atom is 0.274 e. The number of hydrogen-bond acceptors (Lipinski definition) is 4. The van der Waals surface area contributed by atoms with E-state index >= 15 is 0 Å². The fraction of sp³-hybridized carbons (Fsp3) is 0.174. The predicted octanol–water partition coefficient (Wildman–Crippen LogP) is 4.91. The standard InChI is InChI=1S/C23H24N4O2/c1-4-17-7-5-6-15(2)22(17)27-23(29)21-13-12-20(14-24-21)26-19-10-8-18(9-11-19)25-16(3)28/h5-14,26H,4H2,1-3H3,(H,25,28)(H,27,29). The number of carbonyl (C=O) groups is 2. The van der Waals surface area contributed by atoms with E-state index in [4.69, 9.17) is 0 Å². The number of para-hydroxylation sites is 1. The van der Waals surface area contributed by atoms with Gasteiger partial charge < -0.3 is 16.0 Å². The van der Waals surface area contributed by atoms with Crippen LogP contribution >= 0.6 is 0 Å². The second-order valence-electron chi connectivity index (χ2n) is 6.73. The molecule has 148 valence electrons. The fourth-order valence-corrected chi connectivity index (χ4v) is 2.99. The van der Waals surface area contributed by atoms with E-state index in [1.54, 1.807) is 12.3 Å². The molecule has 3 aromatic rings. The van der Waals surface area contributed by atoms with E-state index in [1.165, 1.54) is 6.92 Å². The summed E-state index contributed by atoms with van der Waals surface area (Å²) in [6.45, 7) is 5.51.